The minimum Gasteiger partial charge on any atom is -1.00 e. The van der Waals surface area contributed by atoms with Crippen molar-refractivity contribution in [3.63, 3.8) is 0 Å². The standard InChI is InChI=1S/2C17H15.C6H5.2ClH.H2P.Zr/c2*1-13-11-15-9-5-6-10-16(17(15)12-13)14-7-3-2-4-8-14;1-2-4-6-5-3-1;;;;/h2*2-12,16H,1H3;1-5H;2*1H;1H2;/q;;;;;-1;+3/p-2. The summed E-state index contributed by atoms with van der Waals surface area (Å²) in [6.07, 6.45) is 23.8. The van der Waals surface area contributed by atoms with Gasteiger partial charge in [0, 0.05) is 0 Å². The van der Waals surface area contributed by atoms with E-state index in [2.05, 4.69) is 172 Å². The van der Waals surface area contributed by atoms with Gasteiger partial charge in [-0.3, -0.25) is 0 Å². The van der Waals surface area contributed by atoms with Gasteiger partial charge in [-0.1, -0.05) is 0 Å². The van der Waals surface area contributed by atoms with Crippen LogP contribution < -0.4 is 28.1 Å². The van der Waals surface area contributed by atoms with E-state index in [4.69, 9.17) is 0 Å². The Hall–Kier alpha value is -2.53. The van der Waals surface area contributed by atoms with Crippen LogP contribution in [0.3, 0.4) is 0 Å². The summed E-state index contributed by atoms with van der Waals surface area (Å²) in [5, 5.41) is 0. The number of allylic oxidation sites excluding steroid dienone is 16. The molecule has 7 rings (SSSR count). The van der Waals surface area contributed by atoms with E-state index >= 15 is 0 Å². The van der Waals surface area contributed by atoms with E-state index in [-0.39, 0.29) is 36.6 Å². The molecule has 0 radical (unpaired) electrons. The molecule has 0 heterocycles. The Labute approximate surface area is 281 Å². The largest absolute Gasteiger partial charge is 1.00 e. The number of benzene rings is 3. The zero-order chi connectivity index (χ0) is 28.7. The third-order valence-electron chi connectivity index (χ3n) is 9.56. The molecule has 0 saturated carbocycles. The van der Waals surface area contributed by atoms with Crippen molar-refractivity contribution in [2.75, 3.05) is 0 Å². The molecular formula is C40H37Cl2PZr. The van der Waals surface area contributed by atoms with Crippen LogP contribution in [0.4, 0.5) is 0 Å². The van der Waals surface area contributed by atoms with Crippen molar-refractivity contribution in [2.24, 2.45) is 0 Å². The average molecular weight is 711 g/mol. The molecule has 0 bridgehead atoms. The van der Waals surface area contributed by atoms with Crippen LogP contribution in [-0.4, -0.2) is 0 Å². The summed E-state index contributed by atoms with van der Waals surface area (Å²) in [7, 11) is 0. The molecule has 0 aliphatic heterocycles. The van der Waals surface area contributed by atoms with Gasteiger partial charge in [-0.15, -0.1) is 0 Å². The fourth-order valence-electron chi connectivity index (χ4n) is 7.84. The summed E-state index contributed by atoms with van der Waals surface area (Å²) in [4.78, 5) is 0. The summed E-state index contributed by atoms with van der Waals surface area (Å²) < 4.78 is 2.41. The molecule has 4 heteroatoms. The summed E-state index contributed by atoms with van der Waals surface area (Å²) in [5.74, 6) is 0.541. The van der Waals surface area contributed by atoms with Gasteiger partial charge in [0.15, 0.2) is 0 Å². The van der Waals surface area contributed by atoms with Crippen molar-refractivity contribution < 1.29 is 44.5 Å². The van der Waals surface area contributed by atoms with Crippen molar-refractivity contribution in [3.8, 4) is 0 Å². The van der Waals surface area contributed by atoms with Crippen LogP contribution in [0.5, 0.6) is 0 Å². The maximum Gasteiger partial charge on any atom is -1.00 e. The normalized spacial score (nSPS) is 24.0. The first-order valence-electron chi connectivity index (χ1n) is 15.1. The van der Waals surface area contributed by atoms with Gasteiger partial charge in [0.05, 0.1) is 0 Å². The molecule has 3 aromatic carbocycles. The van der Waals surface area contributed by atoms with Crippen molar-refractivity contribution in [1.29, 1.82) is 0 Å². The quantitative estimate of drug-likeness (QED) is 0.349. The van der Waals surface area contributed by atoms with Gasteiger partial charge in [-0.05, 0) is 0 Å². The molecule has 0 amide bonds. The van der Waals surface area contributed by atoms with Gasteiger partial charge in [-0.2, -0.15) is 0 Å². The first-order valence-corrected chi connectivity index (χ1v) is 24.0. The summed E-state index contributed by atoms with van der Waals surface area (Å²) in [6, 6.07) is 33.6. The van der Waals surface area contributed by atoms with E-state index in [9.17, 15) is 0 Å². The molecule has 4 aliphatic carbocycles. The zero-order valence-electron chi connectivity index (χ0n) is 25.1. The Kier molecular flexibility index (Phi) is 10.3. The Bertz CT molecular complexity index is 1650. The first-order chi connectivity index (χ1) is 20.6. The molecule has 5 unspecified atom stereocenters. The SMILES string of the molecule is CC1=CC2=C(C=CC=CC2c2ccccc2)[CH]1[Zr+2]([PH2])([c]1ccccc1)[CH]1C(C)=CC2=C1C=CC=CC2c1ccccc1.[Cl-].[Cl-]. The smallest absolute Gasteiger partial charge is 1.00 e. The van der Waals surface area contributed by atoms with Gasteiger partial charge in [0.2, 0.25) is 0 Å². The second-order valence-electron chi connectivity index (χ2n) is 12.0. The van der Waals surface area contributed by atoms with Crippen LogP contribution >= 0.6 is 6.53 Å². The van der Waals surface area contributed by atoms with Gasteiger partial charge in [0.1, 0.15) is 0 Å². The maximum absolute atomic E-state index is 3.66. The second kappa shape index (κ2) is 13.9. The van der Waals surface area contributed by atoms with Crippen LogP contribution in [0, 0.1) is 0 Å². The molecule has 5 atom stereocenters. The van der Waals surface area contributed by atoms with E-state index in [1.54, 1.807) is 3.27 Å². The molecular weight excluding hydrogens is 674 g/mol. The second-order valence-corrected chi connectivity index (χ2v) is 26.5. The van der Waals surface area contributed by atoms with Crippen LogP contribution in [0.15, 0.2) is 185 Å². The van der Waals surface area contributed by atoms with E-state index in [0.717, 1.165) is 0 Å². The molecule has 0 spiro atoms. The first kappa shape index (κ1) is 32.9. The number of hydrogen-bond acceptors (Lipinski definition) is 0. The van der Waals surface area contributed by atoms with Gasteiger partial charge < -0.3 is 24.8 Å². The van der Waals surface area contributed by atoms with E-state index in [1.165, 1.54) is 44.6 Å². The minimum atomic E-state index is -3.49. The molecule has 0 aromatic heterocycles. The fraction of sp³-hybridized carbons (Fsp3) is 0.150. The van der Waals surface area contributed by atoms with Crippen molar-refractivity contribution in [1.82, 2.24) is 0 Å². The predicted molar refractivity (Wildman–Crippen MR) is 180 cm³/mol. The molecule has 0 saturated heterocycles. The summed E-state index contributed by atoms with van der Waals surface area (Å²) >= 11 is -3.49. The van der Waals surface area contributed by atoms with Gasteiger partial charge in [-0.25, -0.2) is 0 Å². The molecule has 0 N–H and O–H groups in total. The van der Waals surface area contributed by atoms with Gasteiger partial charge >= 0.3 is 259 Å². The Morgan fingerprint density at radius 3 is 1.30 bits per heavy atom. The Morgan fingerprint density at radius 1 is 0.500 bits per heavy atom. The summed E-state index contributed by atoms with van der Waals surface area (Å²) in [5.41, 5.74) is 11.8. The van der Waals surface area contributed by atoms with Crippen molar-refractivity contribution >= 4 is 9.80 Å². The summed E-state index contributed by atoms with van der Waals surface area (Å²) in [6.45, 7) is 8.46. The Balaban J connectivity index is 0.00000192. The number of halogens is 2. The molecule has 220 valence electrons. The number of rotatable bonds is 5. The van der Waals surface area contributed by atoms with E-state index < -0.39 is 19.7 Å². The fourth-order valence-corrected chi connectivity index (χ4v) is 26.5. The van der Waals surface area contributed by atoms with Crippen molar-refractivity contribution in [2.45, 2.75) is 32.9 Å². The molecule has 44 heavy (non-hydrogen) atoms. The van der Waals surface area contributed by atoms with E-state index in [1.807, 2.05) is 0 Å². The van der Waals surface area contributed by atoms with Crippen molar-refractivity contribution in [3.05, 3.63) is 196 Å². The predicted octanol–water partition coefficient (Wildman–Crippen LogP) is 4.17. The molecule has 3 aromatic rings. The minimum absolute atomic E-state index is 0. The number of hydrogen-bond donors (Lipinski definition) is 0. The molecule has 0 nitrogen and oxygen atoms in total. The van der Waals surface area contributed by atoms with Gasteiger partial charge in [0.25, 0.3) is 0 Å². The van der Waals surface area contributed by atoms with Crippen LogP contribution in [0.2, 0.25) is 7.25 Å². The van der Waals surface area contributed by atoms with Crippen LogP contribution in [0.1, 0.15) is 36.8 Å². The molecule has 4 aliphatic rings. The zero-order valence-corrected chi connectivity index (χ0v) is 30.2. The average Bonchev–Trinajstić information content (AvgIpc) is 3.35. The topological polar surface area (TPSA) is 0 Å². The monoisotopic (exact) mass is 708 g/mol. The third-order valence-corrected chi connectivity index (χ3v) is 27.2. The van der Waals surface area contributed by atoms with E-state index in [0.29, 0.717) is 7.25 Å². The van der Waals surface area contributed by atoms with Crippen LogP contribution in [0.25, 0.3) is 0 Å². The Morgan fingerprint density at radius 2 is 0.886 bits per heavy atom. The third kappa shape index (κ3) is 5.67. The maximum atomic E-state index is 3.66. The molecule has 0 fully saturated rings. The van der Waals surface area contributed by atoms with Crippen LogP contribution in [-0.2, 0) is 19.7 Å².